The molecule has 5 unspecified atom stereocenters. The lowest BCUT2D eigenvalue weighted by molar-refractivity contribution is -0.159. The molecule has 0 aromatic heterocycles. The number of aliphatic hydroxyl groups excluding tert-OH is 1. The average Bonchev–Trinajstić information content (AvgIpc) is 3.08. The van der Waals surface area contributed by atoms with Crippen LogP contribution < -0.4 is 0 Å². The zero-order chi connectivity index (χ0) is 48.8. The highest BCUT2D eigenvalue weighted by molar-refractivity contribution is 5.73. The molecule has 0 rings (SSSR count). The molecule has 0 aliphatic carbocycles. The topological polar surface area (TPSA) is 225 Å². The number of hydrogen-bond donors (Lipinski definition) is 9. The van der Waals surface area contributed by atoms with Crippen LogP contribution in [-0.4, -0.2) is 110 Å². The second kappa shape index (κ2) is 28.1. The minimum absolute atomic E-state index is 0.231. The summed E-state index contributed by atoms with van der Waals surface area (Å²) in [6.45, 7) is 19.6. The smallest absolute Gasteiger partial charge is 0.308 e. The van der Waals surface area contributed by atoms with Crippen LogP contribution in [0.2, 0.25) is 0 Å². The summed E-state index contributed by atoms with van der Waals surface area (Å²) < 4.78 is 4.98. The molecule has 0 aliphatic heterocycles. The Balaban J connectivity index is 4.46. The largest absolute Gasteiger partial charge is 0.481 e. The van der Waals surface area contributed by atoms with Gasteiger partial charge in [0.25, 0.3) is 0 Å². The van der Waals surface area contributed by atoms with E-state index in [2.05, 4.69) is 32.9 Å². The second-order valence-electron chi connectivity index (χ2n) is 21.6. The first-order chi connectivity index (χ1) is 28.7. The number of rotatable bonds is 36. The normalized spacial score (nSPS) is 19.9. The lowest BCUT2D eigenvalue weighted by Crippen LogP contribution is -2.43. The first-order valence-corrected chi connectivity index (χ1v) is 23.7. The Morgan fingerprint density at radius 1 is 0.476 bits per heavy atom. The first kappa shape index (κ1) is 60.8. The highest BCUT2D eigenvalue weighted by Crippen LogP contribution is 2.31. The third kappa shape index (κ3) is 33.0. The molecule has 0 radical (unpaired) electrons. The number of aliphatic hydroxyl groups is 8. The fraction of sp³-hybridized carbons (Fsp3) is 0.843. The third-order valence-corrected chi connectivity index (χ3v) is 12.6. The lowest BCUT2D eigenvalue weighted by Gasteiger charge is -2.30. The van der Waals surface area contributed by atoms with E-state index in [0.29, 0.717) is 89.9 Å². The molecule has 0 bridgehead atoms. The summed E-state index contributed by atoms with van der Waals surface area (Å²) >= 11 is 0. The molecule has 0 aromatic rings. The van der Waals surface area contributed by atoms with Crippen LogP contribution in [0.15, 0.2) is 34.9 Å². The van der Waals surface area contributed by atoms with E-state index >= 15 is 0 Å². The fourth-order valence-electron chi connectivity index (χ4n) is 8.07. The maximum Gasteiger partial charge on any atom is 0.308 e. The Hall–Kier alpha value is -2.16. The highest BCUT2D eigenvalue weighted by atomic mass is 16.5. The van der Waals surface area contributed by atoms with E-state index in [4.69, 9.17) is 9.84 Å². The maximum absolute atomic E-state index is 12.0. The van der Waals surface area contributed by atoms with E-state index in [0.717, 1.165) is 44.1 Å². The van der Waals surface area contributed by atoms with E-state index in [9.17, 15) is 50.4 Å². The number of esters is 1. The summed E-state index contributed by atoms with van der Waals surface area (Å²) in [6, 6.07) is 0. The van der Waals surface area contributed by atoms with Gasteiger partial charge in [0.05, 0.1) is 52.0 Å². The molecule has 9 N–H and O–H groups in total. The number of carboxylic acid groups (broad SMARTS) is 1. The number of aliphatic carboxylic acids is 1. The first-order valence-electron chi connectivity index (χ1n) is 23.7. The van der Waals surface area contributed by atoms with Gasteiger partial charge in [-0.15, -0.1) is 0 Å². The molecule has 0 spiro atoms. The fourth-order valence-corrected chi connectivity index (χ4v) is 8.07. The van der Waals surface area contributed by atoms with Gasteiger partial charge >= 0.3 is 11.9 Å². The van der Waals surface area contributed by atoms with Crippen LogP contribution in [0, 0.1) is 0 Å². The predicted octanol–water partition coefficient (Wildman–Crippen LogP) is 9.06. The number of carboxylic acids is 1. The molecule has 0 aromatic carbocycles. The maximum atomic E-state index is 12.0. The molecule has 0 aliphatic rings. The van der Waals surface area contributed by atoms with Crippen LogP contribution in [0.4, 0.5) is 0 Å². The van der Waals surface area contributed by atoms with Crippen LogP contribution in [0.25, 0.3) is 0 Å². The summed E-state index contributed by atoms with van der Waals surface area (Å²) in [7, 11) is 0. The molecule has 12 heteroatoms. The van der Waals surface area contributed by atoms with E-state index in [1.165, 1.54) is 25.0 Å². The predicted molar refractivity (Wildman–Crippen MR) is 252 cm³/mol. The van der Waals surface area contributed by atoms with Gasteiger partial charge in [0.15, 0.2) is 0 Å². The third-order valence-electron chi connectivity index (χ3n) is 12.6. The van der Waals surface area contributed by atoms with E-state index in [1.54, 1.807) is 0 Å². The zero-order valence-corrected chi connectivity index (χ0v) is 41.5. The molecule has 8 atom stereocenters. The van der Waals surface area contributed by atoms with Crippen LogP contribution >= 0.6 is 0 Å². The molecular weight excluding hydrogens is 805 g/mol. The summed E-state index contributed by atoms with van der Waals surface area (Å²) in [5.41, 5.74) is -3.86. The van der Waals surface area contributed by atoms with E-state index < -0.39 is 76.7 Å². The Kier molecular flexibility index (Phi) is 27.2. The van der Waals surface area contributed by atoms with Gasteiger partial charge in [-0.2, -0.15) is 0 Å². The Morgan fingerprint density at radius 3 is 1.25 bits per heavy atom. The quantitative estimate of drug-likeness (QED) is 0.0212. The van der Waals surface area contributed by atoms with Crippen molar-refractivity contribution in [3.63, 3.8) is 0 Å². The average molecular weight is 899 g/mol. The van der Waals surface area contributed by atoms with Gasteiger partial charge in [-0.25, -0.2) is 0 Å². The number of hydrogen-bond acceptors (Lipinski definition) is 11. The Labute approximate surface area is 382 Å². The monoisotopic (exact) mass is 899 g/mol. The van der Waals surface area contributed by atoms with Gasteiger partial charge in [-0.1, -0.05) is 34.9 Å². The Morgan fingerprint density at radius 2 is 0.841 bits per heavy atom. The number of carbonyl (C=O) groups excluding carboxylic acids is 1. The number of carbonyl (C=O) groups is 2. The van der Waals surface area contributed by atoms with Crippen molar-refractivity contribution in [3.8, 4) is 0 Å². The van der Waals surface area contributed by atoms with Crippen molar-refractivity contribution in [2.75, 3.05) is 6.61 Å². The molecule has 0 amide bonds. The standard InChI is InChI=1S/C51H94O12/c1-39(2)20-13-25-45(5,56)27-16-29-47(7,58)31-18-33-49(9,60)34-19-32-48(8,59)30-17-28-46(6,57)26-14-23-40(3)21-12-22-41(4)24-15-35-51(11,62)42(52)38-63-44(55)37-50(10,61)36-43(53)54/h20-21,24,42,52,56-62H,12-19,22-23,25-38H2,1-11H3,(H,53,54)/b40-21+,41-24+/t42-,45?,46?,47?,48?,49?,50+,51+/m1/s1. The molecule has 12 nitrogen and oxygen atoms in total. The minimum Gasteiger partial charge on any atom is -0.481 e. The summed E-state index contributed by atoms with van der Waals surface area (Å²) in [4.78, 5) is 22.8. The van der Waals surface area contributed by atoms with Gasteiger partial charge in [0.1, 0.15) is 12.7 Å². The van der Waals surface area contributed by atoms with Gasteiger partial charge in [-0.05, 0) is 211 Å². The Bertz CT molecular complexity index is 1410. The lowest BCUT2D eigenvalue weighted by atomic mass is 9.84. The van der Waals surface area contributed by atoms with Crippen molar-refractivity contribution in [3.05, 3.63) is 34.9 Å². The van der Waals surface area contributed by atoms with Gasteiger partial charge in [-0.3, -0.25) is 9.59 Å². The van der Waals surface area contributed by atoms with Gasteiger partial charge in [0, 0.05) is 0 Å². The van der Waals surface area contributed by atoms with Crippen LogP contribution in [0.5, 0.6) is 0 Å². The minimum atomic E-state index is -1.78. The van der Waals surface area contributed by atoms with Crippen molar-refractivity contribution in [1.29, 1.82) is 0 Å². The molecule has 63 heavy (non-hydrogen) atoms. The highest BCUT2D eigenvalue weighted by Gasteiger charge is 2.33. The second-order valence-corrected chi connectivity index (χ2v) is 21.6. The number of ether oxygens (including phenoxy) is 1. The molecule has 0 heterocycles. The SMILES string of the molecule is CC(C)=CCCC(C)(O)CCCC(C)(O)CCCC(C)(O)CCCC(C)(O)CCCC(C)(O)CCC/C(C)=C/CC/C(C)=C/CC[C@](C)(O)[C@H](O)COC(=O)C[C@@](C)(O)CC(=O)O. The van der Waals surface area contributed by atoms with Crippen molar-refractivity contribution >= 4 is 11.9 Å². The van der Waals surface area contributed by atoms with Gasteiger partial charge in [0.2, 0.25) is 0 Å². The zero-order valence-electron chi connectivity index (χ0n) is 41.5. The molecule has 370 valence electrons. The molecule has 0 saturated heterocycles. The molecule has 0 fully saturated rings. The van der Waals surface area contributed by atoms with Crippen molar-refractivity contribution < 1.29 is 60.3 Å². The summed E-state index contributed by atoms with van der Waals surface area (Å²) in [6.07, 6.45) is 17.6. The summed E-state index contributed by atoms with van der Waals surface area (Å²) in [5.74, 6) is -2.12. The summed E-state index contributed by atoms with van der Waals surface area (Å²) in [5, 5.41) is 94.8. The van der Waals surface area contributed by atoms with E-state index in [1.807, 2.05) is 47.6 Å². The van der Waals surface area contributed by atoms with Crippen molar-refractivity contribution in [2.45, 2.75) is 269 Å². The van der Waals surface area contributed by atoms with Gasteiger partial charge < -0.3 is 50.7 Å². The molecule has 0 saturated carbocycles. The van der Waals surface area contributed by atoms with Crippen LogP contribution in [0.3, 0.4) is 0 Å². The molecular formula is C51H94O12. The van der Waals surface area contributed by atoms with Crippen molar-refractivity contribution in [2.24, 2.45) is 0 Å². The van der Waals surface area contributed by atoms with E-state index in [-0.39, 0.29) is 6.42 Å². The van der Waals surface area contributed by atoms with Crippen LogP contribution in [-0.2, 0) is 14.3 Å². The number of allylic oxidation sites excluding steroid dienone is 6. The van der Waals surface area contributed by atoms with Crippen molar-refractivity contribution in [1.82, 2.24) is 0 Å². The van der Waals surface area contributed by atoms with Crippen LogP contribution in [0.1, 0.15) is 224 Å².